The molecule has 0 aromatic heterocycles. The second-order valence-electron chi connectivity index (χ2n) is 11.8. The summed E-state index contributed by atoms with van der Waals surface area (Å²) in [7, 11) is 2.22. The number of sulfone groups is 1. The van der Waals surface area contributed by atoms with E-state index >= 15 is 0 Å². The quantitative estimate of drug-likeness (QED) is 0.0980. The molecular formula is C38H43N3O10S. The second kappa shape index (κ2) is 17.3. The van der Waals surface area contributed by atoms with Crippen LogP contribution in [0.25, 0.3) is 0 Å². The molecule has 13 nitrogen and oxygen atoms in total. The Balaban J connectivity index is 1.54. The SMILES string of the molecule is COc1cccc([C@@H]2OC(c3ccc(OCCCO)cc3)=N[C@]2(CCS(=O)(=O)c2ccccc2)C(=O)NNCc2c(OC)cc(OC)cc2OC)c1. The summed E-state index contributed by atoms with van der Waals surface area (Å²) in [6.45, 7) is 0.416. The van der Waals surface area contributed by atoms with E-state index in [4.69, 9.17) is 38.5 Å². The lowest BCUT2D eigenvalue weighted by molar-refractivity contribution is -0.130. The van der Waals surface area contributed by atoms with Gasteiger partial charge >= 0.3 is 0 Å². The number of rotatable bonds is 18. The molecule has 14 heteroatoms. The Labute approximate surface area is 303 Å². The molecule has 0 radical (unpaired) electrons. The Morgan fingerprint density at radius 3 is 2.17 bits per heavy atom. The first-order chi connectivity index (χ1) is 25.2. The standard InChI is InChI=1S/C38H43N3O10S/c1-46-29-11-8-10-27(22-29)35-38(18-21-52(44,45)31-12-6-5-7-13-31,40-36(51-35)26-14-16-28(17-15-26)50-20-9-19-42)37(43)41-39-25-32-33(48-3)23-30(47-2)24-34(32)49-4/h5-8,10-17,22-24,35,39,42H,9,18-21,25H2,1-4H3,(H,41,43)/t35-,38-/m0/s1. The summed E-state index contributed by atoms with van der Waals surface area (Å²) in [6, 6.07) is 25.4. The number of aliphatic hydroxyl groups is 1. The molecule has 0 saturated heterocycles. The molecule has 1 heterocycles. The van der Waals surface area contributed by atoms with Gasteiger partial charge < -0.3 is 33.5 Å². The van der Waals surface area contributed by atoms with Gasteiger partial charge in [-0.15, -0.1) is 0 Å². The topological polar surface area (TPSA) is 163 Å². The van der Waals surface area contributed by atoms with Gasteiger partial charge in [-0.25, -0.2) is 18.8 Å². The van der Waals surface area contributed by atoms with Crippen molar-refractivity contribution >= 4 is 21.6 Å². The van der Waals surface area contributed by atoms with Crippen LogP contribution in [0.4, 0.5) is 0 Å². The lowest BCUT2D eigenvalue weighted by Crippen LogP contribution is -2.53. The molecule has 3 N–H and O–H groups in total. The van der Waals surface area contributed by atoms with Crippen LogP contribution in [-0.4, -0.2) is 78.3 Å². The Hall–Kier alpha value is -5.31. The van der Waals surface area contributed by atoms with Gasteiger partial charge in [0.15, 0.2) is 21.5 Å². The highest BCUT2D eigenvalue weighted by Crippen LogP contribution is 2.44. The number of hydrogen-bond donors (Lipinski definition) is 3. The van der Waals surface area contributed by atoms with E-state index in [0.717, 1.165) is 0 Å². The Kier molecular flexibility index (Phi) is 12.6. The van der Waals surface area contributed by atoms with Crippen molar-refractivity contribution in [3.63, 3.8) is 0 Å². The minimum atomic E-state index is -3.85. The molecule has 0 unspecified atom stereocenters. The van der Waals surface area contributed by atoms with Gasteiger partial charge in [0.1, 0.15) is 28.7 Å². The molecule has 52 heavy (non-hydrogen) atoms. The maximum atomic E-state index is 14.6. The van der Waals surface area contributed by atoms with Gasteiger partial charge in [-0.1, -0.05) is 30.3 Å². The fraction of sp³-hybridized carbons (Fsp3) is 0.316. The van der Waals surface area contributed by atoms with Crippen LogP contribution in [0.5, 0.6) is 28.7 Å². The van der Waals surface area contributed by atoms with Crippen LogP contribution in [0.2, 0.25) is 0 Å². The first-order valence-electron chi connectivity index (χ1n) is 16.5. The number of nitrogens with zero attached hydrogens (tertiary/aromatic N) is 1. The third kappa shape index (κ3) is 8.58. The number of nitrogens with one attached hydrogen (secondary N) is 2. The van der Waals surface area contributed by atoms with E-state index in [1.165, 1.54) is 40.6 Å². The van der Waals surface area contributed by atoms with E-state index in [9.17, 15) is 13.2 Å². The van der Waals surface area contributed by atoms with Gasteiger partial charge in [-0.05, 0) is 54.1 Å². The highest BCUT2D eigenvalue weighted by molar-refractivity contribution is 7.91. The molecule has 0 spiro atoms. The van der Waals surface area contributed by atoms with Gasteiger partial charge in [0.25, 0.3) is 5.91 Å². The number of ether oxygens (including phenoxy) is 6. The number of carbonyl (C=O) groups excluding carboxylic acids is 1. The van der Waals surface area contributed by atoms with E-state index in [-0.39, 0.29) is 30.4 Å². The normalized spacial score (nSPS) is 16.7. The van der Waals surface area contributed by atoms with Crippen LogP contribution in [0.1, 0.15) is 35.6 Å². The van der Waals surface area contributed by atoms with E-state index in [1.807, 2.05) is 0 Å². The lowest BCUT2D eigenvalue weighted by atomic mass is 9.85. The van der Waals surface area contributed by atoms with Crippen molar-refractivity contribution < 1.29 is 46.7 Å². The van der Waals surface area contributed by atoms with E-state index in [2.05, 4.69) is 10.9 Å². The molecule has 0 fully saturated rings. The highest BCUT2D eigenvalue weighted by Gasteiger charge is 2.54. The summed E-state index contributed by atoms with van der Waals surface area (Å²) < 4.78 is 61.5. The molecule has 4 aromatic carbocycles. The molecule has 1 amide bonds. The summed E-state index contributed by atoms with van der Waals surface area (Å²) in [6.07, 6.45) is -0.813. The summed E-state index contributed by atoms with van der Waals surface area (Å²) in [5, 5.41) is 9.10. The number of aliphatic imine (C=N–C) groups is 1. The van der Waals surface area contributed by atoms with E-state index < -0.39 is 33.1 Å². The van der Waals surface area contributed by atoms with Crippen molar-refractivity contribution in [2.75, 3.05) is 47.4 Å². The minimum Gasteiger partial charge on any atom is -0.497 e. The van der Waals surface area contributed by atoms with E-state index in [1.54, 1.807) is 78.9 Å². The van der Waals surface area contributed by atoms with Crippen molar-refractivity contribution in [2.45, 2.75) is 35.9 Å². The zero-order valence-electron chi connectivity index (χ0n) is 29.5. The van der Waals surface area contributed by atoms with Gasteiger partial charge in [0, 0.05) is 43.7 Å². The summed E-state index contributed by atoms with van der Waals surface area (Å²) in [4.78, 5) is 19.7. The number of amides is 1. The molecule has 4 aromatic rings. The average Bonchev–Trinajstić information content (AvgIpc) is 3.58. The minimum absolute atomic E-state index is 0.00850. The second-order valence-corrected chi connectivity index (χ2v) is 13.9. The van der Waals surface area contributed by atoms with Crippen LogP contribution >= 0.6 is 0 Å². The molecule has 1 aliphatic rings. The fourth-order valence-electron chi connectivity index (χ4n) is 5.78. The van der Waals surface area contributed by atoms with Crippen LogP contribution in [-0.2, 0) is 25.9 Å². The highest BCUT2D eigenvalue weighted by atomic mass is 32.2. The van der Waals surface area contributed by atoms with Crippen LogP contribution < -0.4 is 34.5 Å². The van der Waals surface area contributed by atoms with Crippen LogP contribution in [0, 0.1) is 0 Å². The van der Waals surface area contributed by atoms with Gasteiger partial charge in [-0.2, -0.15) is 0 Å². The van der Waals surface area contributed by atoms with Crippen molar-refractivity contribution in [1.82, 2.24) is 10.9 Å². The molecule has 0 aliphatic carbocycles. The first-order valence-corrected chi connectivity index (χ1v) is 18.2. The predicted octanol–water partition coefficient (Wildman–Crippen LogP) is 4.42. The number of hydrazine groups is 1. The van der Waals surface area contributed by atoms with Gasteiger partial charge in [0.05, 0.1) is 51.3 Å². The molecule has 0 saturated carbocycles. The monoisotopic (exact) mass is 733 g/mol. The third-order valence-corrected chi connectivity index (χ3v) is 10.3. The number of carbonyl (C=O) groups is 1. The van der Waals surface area contributed by atoms with E-state index in [0.29, 0.717) is 58.5 Å². The smallest absolute Gasteiger partial charge is 0.266 e. The summed E-state index contributed by atoms with van der Waals surface area (Å²) in [5.74, 6) is 1.63. The Morgan fingerprint density at radius 2 is 1.54 bits per heavy atom. The van der Waals surface area contributed by atoms with Gasteiger partial charge in [-0.3, -0.25) is 10.2 Å². The van der Waals surface area contributed by atoms with Crippen LogP contribution in [0.3, 0.4) is 0 Å². The van der Waals surface area contributed by atoms with Gasteiger partial charge in [0.2, 0.25) is 5.90 Å². The summed E-state index contributed by atoms with van der Waals surface area (Å²) in [5.41, 5.74) is 5.66. The lowest BCUT2D eigenvalue weighted by Gasteiger charge is -2.31. The zero-order valence-corrected chi connectivity index (χ0v) is 30.3. The molecular weight excluding hydrogens is 690 g/mol. The molecule has 1 aliphatic heterocycles. The molecule has 5 rings (SSSR count). The molecule has 276 valence electrons. The number of methoxy groups -OCH3 is 4. The molecule has 2 atom stereocenters. The summed E-state index contributed by atoms with van der Waals surface area (Å²) >= 11 is 0. The predicted molar refractivity (Wildman–Crippen MR) is 194 cm³/mol. The molecule has 0 bridgehead atoms. The van der Waals surface area contributed by atoms with Crippen molar-refractivity contribution in [3.8, 4) is 28.7 Å². The largest absolute Gasteiger partial charge is 0.497 e. The fourth-order valence-corrected chi connectivity index (χ4v) is 7.17. The van der Waals surface area contributed by atoms with Crippen LogP contribution in [0.15, 0.2) is 101 Å². The van der Waals surface area contributed by atoms with Crippen molar-refractivity contribution in [2.24, 2.45) is 4.99 Å². The maximum Gasteiger partial charge on any atom is 0.266 e. The maximum absolute atomic E-state index is 14.6. The Morgan fingerprint density at radius 1 is 0.846 bits per heavy atom. The third-order valence-electron chi connectivity index (χ3n) is 8.56. The average molecular weight is 734 g/mol. The van der Waals surface area contributed by atoms with Crippen molar-refractivity contribution in [1.29, 1.82) is 0 Å². The number of benzene rings is 4. The number of aliphatic hydroxyl groups excluding tert-OH is 1. The Bertz CT molecular complexity index is 1930. The first kappa shape index (κ1) is 37.9. The number of hydrogen-bond acceptors (Lipinski definition) is 12. The zero-order chi connectivity index (χ0) is 37.1. The van der Waals surface area contributed by atoms with Crippen molar-refractivity contribution in [3.05, 3.63) is 108 Å².